The third-order valence-electron chi connectivity index (χ3n) is 9.17. The fourth-order valence-electron chi connectivity index (χ4n) is 7.17. The Morgan fingerprint density at radius 2 is 1.60 bits per heavy atom. The van der Waals surface area contributed by atoms with Gasteiger partial charge in [-0.25, -0.2) is 5.01 Å². The highest BCUT2D eigenvalue weighted by atomic mass is 16.3. The predicted octanol–water partition coefficient (Wildman–Crippen LogP) is 2.36. The number of nitrogens with zero attached hydrogens (tertiary/aromatic N) is 2. The monoisotopic (exact) mass is 417 g/mol. The molecule has 3 atom stereocenters. The molecule has 0 aromatic carbocycles. The molecule has 168 valence electrons. The number of ketones is 1. The Kier molecular flexibility index (Phi) is 5.70. The number of hydrogen-bond donors (Lipinski definition) is 2. The van der Waals surface area contributed by atoms with Gasteiger partial charge in [-0.2, -0.15) is 0 Å². The van der Waals surface area contributed by atoms with Crippen molar-refractivity contribution in [2.75, 3.05) is 26.7 Å². The third kappa shape index (κ3) is 3.84. The number of amides is 1. The third-order valence-corrected chi connectivity index (χ3v) is 9.17. The number of aliphatic hydroxyl groups is 1. The van der Waals surface area contributed by atoms with Crippen LogP contribution in [0.25, 0.3) is 0 Å². The van der Waals surface area contributed by atoms with Crippen LogP contribution in [0.4, 0.5) is 0 Å². The Morgan fingerprint density at radius 1 is 0.900 bits per heavy atom. The lowest BCUT2D eigenvalue weighted by atomic mass is 9.66. The summed E-state index contributed by atoms with van der Waals surface area (Å²) in [5.74, 6) is 2.86. The summed E-state index contributed by atoms with van der Waals surface area (Å²) in [7, 11) is 2.22. The molecule has 30 heavy (non-hydrogen) atoms. The van der Waals surface area contributed by atoms with E-state index in [9.17, 15) is 14.7 Å². The average molecular weight is 418 g/mol. The summed E-state index contributed by atoms with van der Waals surface area (Å²) in [6, 6.07) is 0.689. The molecule has 3 aliphatic carbocycles. The molecule has 6 heteroatoms. The normalized spacial score (nSPS) is 39.5. The summed E-state index contributed by atoms with van der Waals surface area (Å²) in [5.41, 5.74) is 2.54. The molecule has 6 nitrogen and oxygen atoms in total. The van der Waals surface area contributed by atoms with Crippen molar-refractivity contribution in [2.24, 2.45) is 29.6 Å². The van der Waals surface area contributed by atoms with Crippen molar-refractivity contribution in [1.29, 1.82) is 0 Å². The van der Waals surface area contributed by atoms with Crippen LogP contribution in [-0.4, -0.2) is 65.0 Å². The highest BCUT2D eigenvalue weighted by molar-refractivity contribution is 5.92. The number of rotatable bonds is 4. The quantitative estimate of drug-likeness (QED) is 0.735. The minimum Gasteiger partial charge on any atom is -0.382 e. The van der Waals surface area contributed by atoms with Crippen LogP contribution >= 0.6 is 0 Å². The second-order valence-corrected chi connectivity index (χ2v) is 10.9. The van der Waals surface area contributed by atoms with Gasteiger partial charge >= 0.3 is 0 Å². The number of piperidine rings is 1. The molecule has 0 aromatic rings. The van der Waals surface area contributed by atoms with E-state index in [0.717, 1.165) is 50.0 Å². The van der Waals surface area contributed by atoms with Crippen LogP contribution in [0.2, 0.25) is 0 Å². The van der Waals surface area contributed by atoms with Gasteiger partial charge in [0, 0.05) is 44.6 Å². The summed E-state index contributed by atoms with van der Waals surface area (Å²) >= 11 is 0. The zero-order chi connectivity index (χ0) is 20.9. The first-order chi connectivity index (χ1) is 14.5. The lowest BCUT2D eigenvalue weighted by Gasteiger charge is -2.43. The van der Waals surface area contributed by atoms with Gasteiger partial charge in [0.05, 0.1) is 0 Å². The van der Waals surface area contributed by atoms with Gasteiger partial charge in [-0.05, 0) is 82.0 Å². The summed E-state index contributed by atoms with van der Waals surface area (Å²) in [5, 5.41) is 12.5. The van der Waals surface area contributed by atoms with Crippen LogP contribution in [0.5, 0.6) is 0 Å². The van der Waals surface area contributed by atoms with Crippen molar-refractivity contribution in [1.82, 2.24) is 15.3 Å². The molecule has 2 aliphatic heterocycles. The minimum atomic E-state index is -1.02. The lowest BCUT2D eigenvalue weighted by Crippen LogP contribution is -2.47. The van der Waals surface area contributed by atoms with E-state index in [4.69, 9.17) is 0 Å². The molecule has 2 saturated heterocycles. The van der Waals surface area contributed by atoms with E-state index >= 15 is 0 Å². The second kappa shape index (κ2) is 8.18. The lowest BCUT2D eigenvalue weighted by molar-refractivity contribution is -0.142. The number of likely N-dealkylation sites (tertiary alicyclic amines) is 1. The van der Waals surface area contributed by atoms with Crippen LogP contribution in [0, 0.1) is 29.6 Å². The molecule has 0 radical (unpaired) electrons. The predicted molar refractivity (Wildman–Crippen MR) is 114 cm³/mol. The van der Waals surface area contributed by atoms with Crippen LogP contribution < -0.4 is 5.43 Å². The molecular formula is C24H39N3O3. The first-order valence-corrected chi connectivity index (χ1v) is 12.5. The van der Waals surface area contributed by atoms with Gasteiger partial charge in [0.15, 0.2) is 5.78 Å². The summed E-state index contributed by atoms with van der Waals surface area (Å²) < 4.78 is 0. The Bertz CT molecular complexity index is 661. The standard InChI is InChI=1S/C24H39N3O3/c1-26-21-19(15-25-26)3-2-4-20(21)16-5-7-18(8-6-16)23(29)27-13-9-17(10-14-27)22(28)24(30)11-12-24/h16-21,25,30H,2-15H2,1H3. The van der Waals surface area contributed by atoms with Crippen LogP contribution in [-0.2, 0) is 9.59 Å². The van der Waals surface area contributed by atoms with E-state index in [-0.39, 0.29) is 17.6 Å². The largest absolute Gasteiger partial charge is 0.382 e. The fourth-order valence-corrected chi connectivity index (χ4v) is 7.17. The maximum atomic E-state index is 13.1. The summed E-state index contributed by atoms with van der Waals surface area (Å²) in [6.45, 7) is 2.52. The molecule has 5 aliphatic rings. The number of Topliss-reactive ketones (excluding diaryl/α,β-unsaturated/α-hetero) is 1. The van der Waals surface area contributed by atoms with Crippen molar-refractivity contribution in [3.05, 3.63) is 0 Å². The molecule has 0 spiro atoms. The van der Waals surface area contributed by atoms with E-state index in [1.54, 1.807) is 0 Å². The smallest absolute Gasteiger partial charge is 0.225 e. The van der Waals surface area contributed by atoms with E-state index < -0.39 is 5.60 Å². The Balaban J connectivity index is 1.11. The van der Waals surface area contributed by atoms with Crippen molar-refractivity contribution < 1.29 is 14.7 Å². The highest BCUT2D eigenvalue weighted by Crippen LogP contribution is 2.45. The zero-order valence-corrected chi connectivity index (χ0v) is 18.5. The van der Waals surface area contributed by atoms with E-state index in [1.807, 2.05) is 4.90 Å². The topological polar surface area (TPSA) is 72.9 Å². The van der Waals surface area contributed by atoms with E-state index in [2.05, 4.69) is 17.5 Å². The minimum absolute atomic E-state index is 0.0345. The molecule has 2 N–H and O–H groups in total. The van der Waals surface area contributed by atoms with Gasteiger partial charge in [-0.3, -0.25) is 15.0 Å². The molecule has 1 amide bonds. The Morgan fingerprint density at radius 3 is 2.27 bits per heavy atom. The number of fused-ring (bicyclic) bond motifs is 1. The van der Waals surface area contributed by atoms with Crippen molar-refractivity contribution in [3.8, 4) is 0 Å². The molecule has 5 rings (SSSR count). The summed E-state index contributed by atoms with van der Waals surface area (Å²) in [4.78, 5) is 27.5. The molecule has 3 saturated carbocycles. The molecule has 0 bridgehead atoms. The maximum absolute atomic E-state index is 13.1. The molecule has 3 unspecified atom stereocenters. The average Bonchev–Trinajstić information content (AvgIpc) is 3.43. The van der Waals surface area contributed by atoms with Gasteiger partial charge in [-0.1, -0.05) is 6.42 Å². The first kappa shape index (κ1) is 20.9. The van der Waals surface area contributed by atoms with E-state index in [0.29, 0.717) is 37.9 Å². The molecule has 2 heterocycles. The van der Waals surface area contributed by atoms with Crippen molar-refractivity contribution in [2.45, 2.75) is 82.3 Å². The van der Waals surface area contributed by atoms with Crippen LogP contribution in [0.15, 0.2) is 0 Å². The van der Waals surface area contributed by atoms with Crippen molar-refractivity contribution in [3.63, 3.8) is 0 Å². The van der Waals surface area contributed by atoms with Gasteiger partial charge < -0.3 is 10.0 Å². The van der Waals surface area contributed by atoms with Gasteiger partial charge in [-0.15, -0.1) is 0 Å². The zero-order valence-electron chi connectivity index (χ0n) is 18.5. The number of nitrogens with one attached hydrogen (secondary N) is 1. The fraction of sp³-hybridized carbons (Fsp3) is 0.917. The van der Waals surface area contributed by atoms with Gasteiger partial charge in [0.25, 0.3) is 0 Å². The van der Waals surface area contributed by atoms with Crippen LogP contribution in [0.3, 0.4) is 0 Å². The van der Waals surface area contributed by atoms with Crippen LogP contribution in [0.1, 0.15) is 70.6 Å². The number of hydrogen-bond acceptors (Lipinski definition) is 5. The van der Waals surface area contributed by atoms with Gasteiger partial charge in [0.2, 0.25) is 5.91 Å². The first-order valence-electron chi connectivity index (χ1n) is 12.5. The van der Waals surface area contributed by atoms with Crippen molar-refractivity contribution >= 4 is 11.7 Å². The molecule has 5 fully saturated rings. The van der Waals surface area contributed by atoms with E-state index in [1.165, 1.54) is 32.1 Å². The number of hydrazine groups is 1. The number of carbonyl (C=O) groups excluding carboxylic acids is 2. The molecule has 0 aromatic heterocycles. The maximum Gasteiger partial charge on any atom is 0.225 e. The SMILES string of the molecule is CN1NCC2CCCC(C3CCC(C(=O)N4CCC(C(=O)C5(O)CC5)CC4)CC3)C21. The summed E-state index contributed by atoms with van der Waals surface area (Å²) in [6.07, 6.45) is 11.3. The Labute approximate surface area is 180 Å². The Hall–Kier alpha value is -0.980. The van der Waals surface area contributed by atoms with Gasteiger partial charge in [0.1, 0.15) is 5.60 Å². The molecular weight excluding hydrogens is 378 g/mol. The highest BCUT2D eigenvalue weighted by Gasteiger charge is 2.51. The second-order valence-electron chi connectivity index (χ2n) is 10.9. The number of carbonyl (C=O) groups is 2.